The normalized spacial score (nSPS) is 17.6. The molecule has 3 nitrogen and oxygen atoms in total. The van der Waals surface area contributed by atoms with Crippen molar-refractivity contribution in [3.05, 3.63) is 34.3 Å². The van der Waals surface area contributed by atoms with Gasteiger partial charge in [0.05, 0.1) is 5.54 Å². The van der Waals surface area contributed by atoms with Crippen LogP contribution in [0.15, 0.2) is 28.7 Å². The first-order valence-corrected chi connectivity index (χ1v) is 7.59. The highest BCUT2D eigenvalue weighted by atomic mass is 79.9. The summed E-state index contributed by atoms with van der Waals surface area (Å²) in [6, 6.07) is 8.29. The molecule has 0 radical (unpaired) electrons. The molecule has 0 aromatic heterocycles. The Morgan fingerprint density at radius 3 is 2.40 bits per heavy atom. The van der Waals surface area contributed by atoms with Gasteiger partial charge in [-0.15, -0.1) is 12.4 Å². The molecule has 112 valence electrons. The molecule has 1 aliphatic rings. The summed E-state index contributed by atoms with van der Waals surface area (Å²) < 4.78 is 1.07. The molecule has 1 aromatic carbocycles. The van der Waals surface area contributed by atoms with E-state index in [1.807, 2.05) is 26.1 Å². The van der Waals surface area contributed by atoms with Gasteiger partial charge in [0.25, 0.3) is 0 Å². The lowest BCUT2D eigenvalue weighted by Crippen LogP contribution is -2.53. The number of rotatable bonds is 5. The van der Waals surface area contributed by atoms with Gasteiger partial charge in [0.1, 0.15) is 0 Å². The second-order valence-electron chi connectivity index (χ2n) is 5.39. The maximum atomic E-state index is 12.2. The highest BCUT2D eigenvalue weighted by Crippen LogP contribution is 2.41. The lowest BCUT2D eigenvalue weighted by Gasteiger charge is -2.43. The van der Waals surface area contributed by atoms with Crippen LogP contribution < -0.4 is 10.6 Å². The van der Waals surface area contributed by atoms with E-state index >= 15 is 0 Å². The van der Waals surface area contributed by atoms with E-state index < -0.39 is 0 Å². The number of halogens is 2. The van der Waals surface area contributed by atoms with Gasteiger partial charge in [-0.3, -0.25) is 4.79 Å². The molecule has 0 spiro atoms. The van der Waals surface area contributed by atoms with Gasteiger partial charge in [-0.25, -0.2) is 0 Å². The van der Waals surface area contributed by atoms with Gasteiger partial charge >= 0.3 is 0 Å². The standard InChI is InChI=1S/C15H21BrN2O.ClH/c1-11(10-17-2)14(19)18-15(8-3-9-15)12-4-6-13(16)7-5-12;/h4-7,11,17H,3,8-10H2,1-2H3,(H,18,19);1H. The topological polar surface area (TPSA) is 41.1 Å². The Morgan fingerprint density at radius 2 is 1.95 bits per heavy atom. The molecular formula is C15H22BrClN2O. The quantitative estimate of drug-likeness (QED) is 0.845. The van der Waals surface area contributed by atoms with Crippen molar-refractivity contribution >= 4 is 34.2 Å². The Bertz CT molecular complexity index is 446. The number of carbonyl (C=O) groups is 1. The van der Waals surface area contributed by atoms with Crippen LogP contribution in [0.4, 0.5) is 0 Å². The fraction of sp³-hybridized carbons (Fsp3) is 0.533. The fourth-order valence-electron chi connectivity index (χ4n) is 2.54. The Kier molecular flexibility index (Phi) is 6.49. The van der Waals surface area contributed by atoms with Crippen molar-refractivity contribution in [2.45, 2.75) is 31.7 Å². The van der Waals surface area contributed by atoms with Crippen LogP contribution in [0, 0.1) is 5.92 Å². The first kappa shape index (κ1) is 17.5. The highest BCUT2D eigenvalue weighted by molar-refractivity contribution is 9.10. The van der Waals surface area contributed by atoms with Crippen LogP contribution in [0.1, 0.15) is 31.7 Å². The van der Waals surface area contributed by atoms with Crippen LogP contribution in [0.3, 0.4) is 0 Å². The summed E-state index contributed by atoms with van der Waals surface area (Å²) in [6.07, 6.45) is 3.25. The fourth-order valence-corrected chi connectivity index (χ4v) is 2.81. The molecule has 1 saturated carbocycles. The maximum absolute atomic E-state index is 12.2. The van der Waals surface area contributed by atoms with Crippen LogP contribution in [0.25, 0.3) is 0 Å². The summed E-state index contributed by atoms with van der Waals surface area (Å²) in [6.45, 7) is 2.67. The predicted octanol–water partition coefficient (Wildman–Crippen LogP) is 3.22. The molecule has 0 heterocycles. The zero-order valence-electron chi connectivity index (χ0n) is 11.9. The number of amides is 1. The molecule has 20 heavy (non-hydrogen) atoms. The molecule has 1 amide bonds. The van der Waals surface area contributed by atoms with E-state index in [0.717, 1.165) is 17.3 Å². The molecule has 5 heteroatoms. The third kappa shape index (κ3) is 3.74. The van der Waals surface area contributed by atoms with E-state index in [2.05, 4.69) is 38.7 Å². The molecule has 2 N–H and O–H groups in total. The van der Waals surface area contributed by atoms with Crippen molar-refractivity contribution in [1.29, 1.82) is 0 Å². The number of hydrogen-bond acceptors (Lipinski definition) is 2. The SMILES string of the molecule is CNCC(C)C(=O)NC1(c2ccc(Br)cc2)CCC1.Cl. The average Bonchev–Trinajstić information content (AvgIpc) is 2.35. The van der Waals surface area contributed by atoms with Gasteiger partial charge in [-0.1, -0.05) is 35.0 Å². The molecule has 1 aliphatic carbocycles. The monoisotopic (exact) mass is 360 g/mol. The lowest BCUT2D eigenvalue weighted by atomic mass is 9.71. The predicted molar refractivity (Wildman–Crippen MR) is 88.2 cm³/mol. The second-order valence-corrected chi connectivity index (χ2v) is 6.31. The van der Waals surface area contributed by atoms with Crippen LogP contribution >= 0.6 is 28.3 Å². The Balaban J connectivity index is 0.00000200. The molecule has 0 aliphatic heterocycles. The van der Waals surface area contributed by atoms with Gasteiger partial charge in [0.15, 0.2) is 0 Å². The number of hydrogen-bond donors (Lipinski definition) is 2. The summed E-state index contributed by atoms with van der Waals surface area (Å²) in [4.78, 5) is 12.2. The Labute approximate surface area is 135 Å². The van der Waals surface area contributed by atoms with Gasteiger partial charge in [0, 0.05) is 16.9 Å². The third-order valence-corrected chi connectivity index (χ3v) is 4.45. The van der Waals surface area contributed by atoms with E-state index in [1.54, 1.807) is 0 Å². The molecule has 1 aromatic rings. The van der Waals surface area contributed by atoms with Gasteiger partial charge in [-0.05, 0) is 44.0 Å². The van der Waals surface area contributed by atoms with Gasteiger partial charge < -0.3 is 10.6 Å². The van der Waals surface area contributed by atoms with Crippen LogP contribution in [-0.2, 0) is 10.3 Å². The van der Waals surface area contributed by atoms with E-state index in [4.69, 9.17) is 0 Å². The zero-order valence-corrected chi connectivity index (χ0v) is 14.3. The van der Waals surface area contributed by atoms with E-state index in [9.17, 15) is 4.79 Å². The van der Waals surface area contributed by atoms with Crippen LogP contribution in [-0.4, -0.2) is 19.5 Å². The minimum absolute atomic E-state index is 0. The highest BCUT2D eigenvalue weighted by Gasteiger charge is 2.40. The van der Waals surface area contributed by atoms with Crippen LogP contribution in [0.5, 0.6) is 0 Å². The molecule has 1 atom stereocenters. The summed E-state index contributed by atoms with van der Waals surface area (Å²) in [5.74, 6) is 0.134. The van der Waals surface area contributed by atoms with Crippen molar-refractivity contribution in [1.82, 2.24) is 10.6 Å². The molecule has 2 rings (SSSR count). The second kappa shape index (κ2) is 7.43. The first-order valence-electron chi connectivity index (χ1n) is 6.80. The zero-order chi connectivity index (χ0) is 13.9. The minimum Gasteiger partial charge on any atom is -0.346 e. The molecule has 0 saturated heterocycles. The molecule has 1 unspecified atom stereocenters. The molecule has 1 fully saturated rings. The maximum Gasteiger partial charge on any atom is 0.224 e. The summed E-state index contributed by atoms with van der Waals surface area (Å²) >= 11 is 3.45. The number of nitrogens with one attached hydrogen (secondary N) is 2. The lowest BCUT2D eigenvalue weighted by molar-refractivity contribution is -0.127. The van der Waals surface area contributed by atoms with Crippen molar-refractivity contribution < 1.29 is 4.79 Å². The first-order chi connectivity index (χ1) is 9.07. The number of carbonyl (C=O) groups excluding carboxylic acids is 1. The average molecular weight is 362 g/mol. The van der Waals surface area contributed by atoms with E-state index in [1.165, 1.54) is 12.0 Å². The minimum atomic E-state index is -0.139. The van der Waals surface area contributed by atoms with Gasteiger partial charge in [-0.2, -0.15) is 0 Å². The van der Waals surface area contributed by atoms with Crippen molar-refractivity contribution in [3.63, 3.8) is 0 Å². The van der Waals surface area contributed by atoms with Crippen LogP contribution in [0.2, 0.25) is 0 Å². The third-order valence-electron chi connectivity index (χ3n) is 3.92. The Morgan fingerprint density at radius 1 is 1.35 bits per heavy atom. The smallest absolute Gasteiger partial charge is 0.224 e. The summed E-state index contributed by atoms with van der Waals surface area (Å²) in [7, 11) is 1.87. The summed E-state index contributed by atoms with van der Waals surface area (Å²) in [5.41, 5.74) is 1.08. The summed E-state index contributed by atoms with van der Waals surface area (Å²) in [5, 5.41) is 6.31. The van der Waals surface area contributed by atoms with Crippen molar-refractivity contribution in [2.75, 3.05) is 13.6 Å². The van der Waals surface area contributed by atoms with Gasteiger partial charge in [0.2, 0.25) is 5.91 Å². The van der Waals surface area contributed by atoms with E-state index in [-0.39, 0.29) is 29.8 Å². The van der Waals surface area contributed by atoms with Crippen molar-refractivity contribution in [2.24, 2.45) is 5.92 Å². The largest absolute Gasteiger partial charge is 0.346 e. The molecular weight excluding hydrogens is 340 g/mol. The van der Waals surface area contributed by atoms with E-state index in [0.29, 0.717) is 6.54 Å². The van der Waals surface area contributed by atoms with Crippen molar-refractivity contribution in [3.8, 4) is 0 Å². The number of benzene rings is 1. The Hall–Kier alpha value is -0.580. The molecule has 0 bridgehead atoms.